The van der Waals surface area contributed by atoms with Crippen LogP contribution in [-0.2, 0) is 38.9 Å². The molecule has 5 heteroatoms. The summed E-state index contributed by atoms with van der Waals surface area (Å²) in [6, 6.07) is 13.3. The van der Waals surface area contributed by atoms with Gasteiger partial charge in [-0.1, -0.05) is 39.0 Å². The van der Waals surface area contributed by atoms with E-state index in [2.05, 4.69) is 79.3 Å². The molecule has 0 bridgehead atoms. The molecular formula is C27H37N5. The van der Waals surface area contributed by atoms with Crippen LogP contribution in [0.4, 0.5) is 0 Å². The van der Waals surface area contributed by atoms with Crippen molar-refractivity contribution in [3.63, 3.8) is 0 Å². The van der Waals surface area contributed by atoms with E-state index in [0.717, 1.165) is 62.5 Å². The highest BCUT2D eigenvalue weighted by molar-refractivity contribution is 5.16. The van der Waals surface area contributed by atoms with Crippen LogP contribution in [-0.4, -0.2) is 32.4 Å². The first-order valence-electron chi connectivity index (χ1n) is 11.9. The van der Waals surface area contributed by atoms with Crippen LogP contribution in [0.15, 0.2) is 55.0 Å². The van der Waals surface area contributed by atoms with Gasteiger partial charge in [-0.15, -0.1) is 0 Å². The molecule has 1 atom stereocenters. The van der Waals surface area contributed by atoms with Crippen molar-refractivity contribution in [3.8, 4) is 0 Å². The van der Waals surface area contributed by atoms with E-state index in [1.165, 1.54) is 16.7 Å². The first-order valence-corrected chi connectivity index (χ1v) is 11.9. The number of pyridine rings is 3. The minimum absolute atomic E-state index is 0.324. The summed E-state index contributed by atoms with van der Waals surface area (Å²) in [6.45, 7) is 12.0. The maximum absolute atomic E-state index is 4.69. The van der Waals surface area contributed by atoms with Gasteiger partial charge in [0.05, 0.1) is 17.1 Å². The Morgan fingerprint density at radius 2 is 1.12 bits per heavy atom. The Hall–Kier alpha value is -2.63. The summed E-state index contributed by atoms with van der Waals surface area (Å²) < 4.78 is 0. The van der Waals surface area contributed by atoms with Gasteiger partial charge in [-0.25, -0.2) is 0 Å². The second-order valence-electron chi connectivity index (χ2n) is 8.42. The van der Waals surface area contributed by atoms with Gasteiger partial charge >= 0.3 is 0 Å². The molecule has 0 saturated carbocycles. The maximum Gasteiger partial charge on any atom is 0.0544 e. The second-order valence-corrected chi connectivity index (χ2v) is 8.42. The predicted octanol–water partition coefficient (Wildman–Crippen LogP) is 4.74. The van der Waals surface area contributed by atoms with Crippen LogP contribution in [0.25, 0.3) is 0 Å². The summed E-state index contributed by atoms with van der Waals surface area (Å²) in [4.78, 5) is 16.4. The number of rotatable bonds is 12. The van der Waals surface area contributed by atoms with E-state index in [4.69, 9.17) is 9.97 Å². The van der Waals surface area contributed by atoms with Crippen molar-refractivity contribution in [2.45, 2.75) is 72.6 Å². The fraction of sp³-hybridized carbons (Fsp3) is 0.444. The van der Waals surface area contributed by atoms with Crippen molar-refractivity contribution in [1.29, 1.82) is 0 Å². The monoisotopic (exact) mass is 431 g/mol. The van der Waals surface area contributed by atoms with Crippen LogP contribution < -0.4 is 5.32 Å². The highest BCUT2D eigenvalue weighted by atomic mass is 15.2. The van der Waals surface area contributed by atoms with E-state index >= 15 is 0 Å². The Morgan fingerprint density at radius 3 is 1.50 bits per heavy atom. The summed E-state index contributed by atoms with van der Waals surface area (Å²) in [5, 5.41) is 3.58. The van der Waals surface area contributed by atoms with Crippen molar-refractivity contribution >= 4 is 0 Å². The lowest BCUT2D eigenvalue weighted by Crippen LogP contribution is -2.40. The van der Waals surface area contributed by atoms with Crippen LogP contribution in [0, 0.1) is 0 Å². The van der Waals surface area contributed by atoms with Crippen molar-refractivity contribution in [2.75, 3.05) is 6.54 Å². The number of aromatic nitrogens is 3. The van der Waals surface area contributed by atoms with Gasteiger partial charge in [-0.05, 0) is 61.1 Å². The molecule has 0 fully saturated rings. The predicted molar refractivity (Wildman–Crippen MR) is 131 cm³/mol. The molecule has 1 N–H and O–H groups in total. The Morgan fingerprint density at radius 1 is 0.688 bits per heavy atom. The Labute approximate surface area is 193 Å². The third-order valence-corrected chi connectivity index (χ3v) is 5.98. The van der Waals surface area contributed by atoms with Crippen molar-refractivity contribution in [2.24, 2.45) is 0 Å². The summed E-state index contributed by atoms with van der Waals surface area (Å²) in [5.74, 6) is 0. The van der Waals surface area contributed by atoms with E-state index in [0.29, 0.717) is 6.04 Å². The van der Waals surface area contributed by atoms with Crippen LogP contribution in [0.1, 0.15) is 61.5 Å². The fourth-order valence-electron chi connectivity index (χ4n) is 3.61. The lowest BCUT2D eigenvalue weighted by Gasteiger charge is -2.29. The lowest BCUT2D eigenvalue weighted by molar-refractivity contribution is 0.182. The average Bonchev–Trinajstić information content (AvgIpc) is 2.85. The third kappa shape index (κ3) is 7.21. The zero-order valence-electron chi connectivity index (χ0n) is 20.0. The molecule has 0 aliphatic heterocycles. The molecule has 0 aromatic carbocycles. The molecule has 0 aliphatic rings. The smallest absolute Gasteiger partial charge is 0.0544 e. The van der Waals surface area contributed by atoms with Gasteiger partial charge in [0.1, 0.15) is 0 Å². The fourth-order valence-corrected chi connectivity index (χ4v) is 3.61. The highest BCUT2D eigenvalue weighted by Crippen LogP contribution is 2.13. The first kappa shape index (κ1) is 24.0. The normalized spacial score (nSPS) is 12.3. The molecule has 3 aromatic heterocycles. The number of nitrogens with zero attached hydrogens (tertiary/aromatic N) is 4. The molecular weight excluding hydrogens is 394 g/mol. The molecule has 3 heterocycles. The molecule has 0 spiro atoms. The number of hydrogen-bond acceptors (Lipinski definition) is 5. The summed E-state index contributed by atoms with van der Waals surface area (Å²) in [5.41, 5.74) is 7.08. The molecule has 0 amide bonds. The van der Waals surface area contributed by atoms with E-state index < -0.39 is 0 Å². The Kier molecular flexibility index (Phi) is 9.32. The first-order chi connectivity index (χ1) is 15.6. The van der Waals surface area contributed by atoms with Crippen LogP contribution >= 0.6 is 0 Å². The Bertz CT molecular complexity index is 870. The van der Waals surface area contributed by atoms with E-state index in [1.807, 2.05) is 18.6 Å². The molecule has 1 unspecified atom stereocenters. The van der Waals surface area contributed by atoms with Gasteiger partial charge in [0, 0.05) is 50.8 Å². The third-order valence-electron chi connectivity index (χ3n) is 5.98. The summed E-state index contributed by atoms with van der Waals surface area (Å²) in [7, 11) is 0. The molecule has 0 saturated heterocycles. The van der Waals surface area contributed by atoms with Crippen molar-refractivity contribution in [1.82, 2.24) is 25.2 Å². The lowest BCUT2D eigenvalue weighted by atomic mass is 10.1. The van der Waals surface area contributed by atoms with Crippen LogP contribution in [0.2, 0.25) is 0 Å². The number of nitrogens with one attached hydrogen (secondary N) is 1. The quantitative estimate of drug-likeness (QED) is 0.449. The maximum atomic E-state index is 4.69. The van der Waals surface area contributed by atoms with Gasteiger partial charge in [0.25, 0.3) is 0 Å². The molecule has 170 valence electrons. The van der Waals surface area contributed by atoms with E-state index in [-0.39, 0.29) is 0 Å². The van der Waals surface area contributed by atoms with Gasteiger partial charge < -0.3 is 5.32 Å². The molecule has 0 radical (unpaired) electrons. The SMILES string of the molecule is CCc1ccc(CNCC(C)N(Cc2ccc(CC)cn2)Cc2ccc(CC)cn2)nc1. The standard InChI is InChI=1S/C27H37N5/c1-5-22-8-11-25(29-15-22)18-28-14-21(4)32(19-26-12-9-23(6-2)16-30-26)20-27-13-10-24(7-3)17-31-27/h8-13,15-17,21,28H,5-7,14,18-20H2,1-4H3. The van der Waals surface area contributed by atoms with E-state index in [1.54, 1.807) is 0 Å². The second kappa shape index (κ2) is 12.4. The largest absolute Gasteiger partial charge is 0.310 e. The zero-order chi connectivity index (χ0) is 22.8. The Balaban J connectivity index is 1.64. The van der Waals surface area contributed by atoms with Gasteiger partial charge in [0.15, 0.2) is 0 Å². The van der Waals surface area contributed by atoms with Crippen LogP contribution in [0.5, 0.6) is 0 Å². The molecule has 5 nitrogen and oxygen atoms in total. The average molecular weight is 432 g/mol. The molecule has 0 aliphatic carbocycles. The number of aryl methyl sites for hydroxylation is 3. The molecule has 3 rings (SSSR count). The summed E-state index contributed by atoms with van der Waals surface area (Å²) >= 11 is 0. The van der Waals surface area contributed by atoms with Gasteiger partial charge in [0.2, 0.25) is 0 Å². The zero-order valence-corrected chi connectivity index (χ0v) is 20.0. The number of hydrogen-bond donors (Lipinski definition) is 1. The summed E-state index contributed by atoms with van der Waals surface area (Å²) in [6.07, 6.45) is 9.01. The minimum Gasteiger partial charge on any atom is -0.310 e. The van der Waals surface area contributed by atoms with Gasteiger partial charge in [-0.2, -0.15) is 0 Å². The highest BCUT2D eigenvalue weighted by Gasteiger charge is 2.16. The van der Waals surface area contributed by atoms with Crippen molar-refractivity contribution in [3.05, 3.63) is 88.8 Å². The molecule has 32 heavy (non-hydrogen) atoms. The topological polar surface area (TPSA) is 53.9 Å². The molecule has 3 aromatic rings. The van der Waals surface area contributed by atoms with Crippen molar-refractivity contribution < 1.29 is 0 Å². The van der Waals surface area contributed by atoms with Gasteiger partial charge in [-0.3, -0.25) is 19.9 Å². The van der Waals surface area contributed by atoms with E-state index in [9.17, 15) is 0 Å². The minimum atomic E-state index is 0.324. The van der Waals surface area contributed by atoms with Crippen LogP contribution in [0.3, 0.4) is 0 Å².